The molecule has 9 heteroatoms. The molecular formula is C21H29N5O4. The van der Waals surface area contributed by atoms with Gasteiger partial charge in [-0.2, -0.15) is 0 Å². The molecular weight excluding hydrogens is 386 g/mol. The first-order valence-corrected chi connectivity index (χ1v) is 10.1. The van der Waals surface area contributed by atoms with Gasteiger partial charge in [-0.1, -0.05) is 6.07 Å². The Kier molecular flexibility index (Phi) is 7.07. The van der Waals surface area contributed by atoms with Crippen molar-refractivity contribution in [3.63, 3.8) is 0 Å². The number of carboxylic acid groups (broad SMARTS) is 1. The van der Waals surface area contributed by atoms with Gasteiger partial charge in [-0.05, 0) is 23.6 Å². The second kappa shape index (κ2) is 9.73. The molecule has 1 aliphatic heterocycles. The number of amides is 2. The van der Waals surface area contributed by atoms with Crippen molar-refractivity contribution in [2.45, 2.75) is 6.42 Å². The van der Waals surface area contributed by atoms with Crippen LogP contribution in [0.4, 0.5) is 5.69 Å². The lowest BCUT2D eigenvalue weighted by molar-refractivity contribution is -0.144. The van der Waals surface area contributed by atoms with E-state index in [0.29, 0.717) is 45.0 Å². The van der Waals surface area contributed by atoms with Crippen molar-refractivity contribution in [2.75, 3.05) is 58.7 Å². The first kappa shape index (κ1) is 21.8. The fourth-order valence-corrected chi connectivity index (χ4v) is 3.57. The third-order valence-corrected chi connectivity index (χ3v) is 5.42. The Balaban J connectivity index is 1.49. The molecule has 3 N–H and O–H groups in total. The van der Waals surface area contributed by atoms with Crippen molar-refractivity contribution in [1.29, 1.82) is 0 Å². The minimum atomic E-state index is -0.977. The maximum Gasteiger partial charge on any atom is 0.308 e. The summed E-state index contributed by atoms with van der Waals surface area (Å²) in [6, 6.07) is 7.48. The van der Waals surface area contributed by atoms with Crippen LogP contribution >= 0.6 is 0 Å². The number of hydrogen-bond acceptors (Lipinski definition) is 5. The van der Waals surface area contributed by atoms with Crippen LogP contribution in [0.3, 0.4) is 0 Å². The summed E-state index contributed by atoms with van der Waals surface area (Å²) in [6.45, 7) is 3.44. The number of aliphatic carboxylic acids is 1. The molecule has 2 heterocycles. The third-order valence-electron chi connectivity index (χ3n) is 5.42. The largest absolute Gasteiger partial charge is 0.481 e. The highest BCUT2D eigenvalue weighted by Crippen LogP contribution is 2.18. The molecule has 0 spiro atoms. The zero-order chi connectivity index (χ0) is 21.7. The van der Waals surface area contributed by atoms with Gasteiger partial charge in [0.25, 0.3) is 0 Å². The highest BCUT2D eigenvalue weighted by molar-refractivity contribution is 5.95. The Labute approximate surface area is 175 Å². The van der Waals surface area contributed by atoms with E-state index in [9.17, 15) is 19.5 Å². The molecule has 0 saturated carbocycles. The molecule has 0 bridgehead atoms. The maximum atomic E-state index is 12.4. The lowest BCUT2D eigenvalue weighted by atomic mass is 10.0. The molecule has 3 rings (SSSR count). The van der Waals surface area contributed by atoms with E-state index in [2.05, 4.69) is 15.2 Å². The number of anilines is 1. The molecule has 162 valence electrons. The van der Waals surface area contributed by atoms with Crippen molar-refractivity contribution in [2.24, 2.45) is 5.92 Å². The Bertz CT molecular complexity index is 902. The van der Waals surface area contributed by atoms with Crippen LogP contribution < -0.4 is 5.32 Å². The van der Waals surface area contributed by atoms with Crippen molar-refractivity contribution in [1.82, 2.24) is 19.7 Å². The summed E-state index contributed by atoms with van der Waals surface area (Å²) < 4.78 is 0. The number of H-pyrrole nitrogens is 1. The predicted molar refractivity (Wildman–Crippen MR) is 114 cm³/mol. The summed E-state index contributed by atoms with van der Waals surface area (Å²) in [5.74, 6) is -2.02. The van der Waals surface area contributed by atoms with Crippen molar-refractivity contribution in [3.8, 4) is 0 Å². The van der Waals surface area contributed by atoms with Crippen molar-refractivity contribution < 1.29 is 19.5 Å². The minimum Gasteiger partial charge on any atom is -0.481 e. The lowest BCUT2D eigenvalue weighted by Crippen LogP contribution is -2.50. The fraction of sp³-hybridized carbons (Fsp3) is 0.476. The number of likely N-dealkylation sites (N-methyl/N-ethyl adjacent to an activating group) is 1. The van der Waals surface area contributed by atoms with Crippen LogP contribution in [0.15, 0.2) is 30.5 Å². The fourth-order valence-electron chi connectivity index (χ4n) is 3.57. The molecule has 0 aliphatic carbocycles. The van der Waals surface area contributed by atoms with Gasteiger partial charge < -0.3 is 20.3 Å². The van der Waals surface area contributed by atoms with Crippen LogP contribution in [0.25, 0.3) is 10.9 Å². The number of nitrogens with one attached hydrogen (secondary N) is 2. The van der Waals surface area contributed by atoms with Crippen molar-refractivity contribution in [3.05, 3.63) is 30.5 Å². The Morgan fingerprint density at radius 2 is 1.83 bits per heavy atom. The van der Waals surface area contributed by atoms with Crippen LogP contribution in [0.5, 0.6) is 0 Å². The molecule has 0 radical (unpaired) electrons. The van der Waals surface area contributed by atoms with Gasteiger partial charge in [0.05, 0.1) is 12.5 Å². The average Bonchev–Trinajstić information content (AvgIpc) is 3.16. The number of aromatic amines is 1. The normalized spacial score (nSPS) is 16.3. The van der Waals surface area contributed by atoms with E-state index in [1.54, 1.807) is 25.1 Å². The van der Waals surface area contributed by atoms with Gasteiger partial charge in [-0.25, -0.2) is 0 Å². The number of piperazine rings is 1. The summed E-state index contributed by atoms with van der Waals surface area (Å²) in [5.41, 5.74) is 1.55. The zero-order valence-corrected chi connectivity index (χ0v) is 17.4. The maximum absolute atomic E-state index is 12.4. The smallest absolute Gasteiger partial charge is 0.308 e. The first-order valence-electron chi connectivity index (χ1n) is 10.1. The molecule has 1 aliphatic rings. The van der Waals surface area contributed by atoms with Crippen LogP contribution in [0.1, 0.15) is 6.42 Å². The number of rotatable bonds is 8. The summed E-state index contributed by atoms with van der Waals surface area (Å²) in [7, 11) is 3.47. The van der Waals surface area contributed by atoms with Gasteiger partial charge in [0.1, 0.15) is 0 Å². The molecule has 2 aromatic rings. The number of nitrogens with zero attached hydrogens (tertiary/aromatic N) is 3. The van der Waals surface area contributed by atoms with Crippen molar-refractivity contribution >= 4 is 34.4 Å². The van der Waals surface area contributed by atoms with Crippen LogP contribution in [0.2, 0.25) is 0 Å². The molecule has 1 atom stereocenters. The third kappa shape index (κ3) is 5.80. The Morgan fingerprint density at radius 3 is 2.50 bits per heavy atom. The predicted octanol–water partition coefficient (Wildman–Crippen LogP) is 0.903. The molecule has 1 aromatic heterocycles. The summed E-state index contributed by atoms with van der Waals surface area (Å²) >= 11 is 0. The number of aromatic nitrogens is 1. The molecule has 9 nitrogen and oxygen atoms in total. The standard InChI is InChI=1S/C21H29N5O4/c1-24(2)20(28)14-26-9-7-25(8-10-26)13-16(21(29)30)11-19(27)23-17-4-3-15-5-6-22-18(15)12-17/h3-6,12,16,22H,7-11,13-14H2,1-2H3,(H,23,27)(H,29,30). The number of benzene rings is 1. The van der Waals surface area contributed by atoms with Gasteiger partial charge in [0, 0.05) is 70.6 Å². The molecule has 2 amide bonds. The van der Waals surface area contributed by atoms with Gasteiger partial charge >= 0.3 is 5.97 Å². The molecule has 1 aromatic carbocycles. The van der Waals surface area contributed by atoms with Gasteiger partial charge in [0.2, 0.25) is 11.8 Å². The number of carboxylic acids is 1. The van der Waals surface area contributed by atoms with E-state index >= 15 is 0 Å². The van der Waals surface area contributed by atoms with E-state index in [1.807, 2.05) is 29.3 Å². The average molecular weight is 415 g/mol. The SMILES string of the molecule is CN(C)C(=O)CN1CCN(CC(CC(=O)Nc2ccc3cc[nH]c3c2)C(=O)O)CC1. The molecule has 30 heavy (non-hydrogen) atoms. The van der Waals surface area contributed by atoms with E-state index in [4.69, 9.17) is 0 Å². The lowest BCUT2D eigenvalue weighted by Gasteiger charge is -2.35. The summed E-state index contributed by atoms with van der Waals surface area (Å²) in [4.78, 5) is 44.7. The molecule has 1 unspecified atom stereocenters. The zero-order valence-electron chi connectivity index (χ0n) is 17.4. The van der Waals surface area contributed by atoms with Crippen LogP contribution in [-0.2, 0) is 14.4 Å². The number of carbonyl (C=O) groups excluding carboxylic acids is 2. The second-order valence-electron chi connectivity index (χ2n) is 7.93. The van der Waals surface area contributed by atoms with Crippen LogP contribution in [-0.4, -0.2) is 95.9 Å². The van der Waals surface area contributed by atoms with E-state index in [-0.39, 0.29) is 18.2 Å². The van der Waals surface area contributed by atoms with Crippen LogP contribution in [0, 0.1) is 5.92 Å². The quantitative estimate of drug-likeness (QED) is 0.591. The van der Waals surface area contributed by atoms with Gasteiger partial charge in [-0.3, -0.25) is 24.2 Å². The van der Waals surface area contributed by atoms with E-state index in [1.165, 1.54) is 0 Å². The number of hydrogen-bond donors (Lipinski definition) is 3. The number of carbonyl (C=O) groups is 3. The highest BCUT2D eigenvalue weighted by atomic mass is 16.4. The number of fused-ring (bicyclic) bond motifs is 1. The van der Waals surface area contributed by atoms with Gasteiger partial charge in [-0.15, -0.1) is 0 Å². The topological polar surface area (TPSA) is 109 Å². The highest BCUT2D eigenvalue weighted by Gasteiger charge is 2.27. The molecule has 1 fully saturated rings. The monoisotopic (exact) mass is 415 g/mol. The summed E-state index contributed by atoms with van der Waals surface area (Å²) in [6.07, 6.45) is 1.74. The second-order valence-corrected chi connectivity index (χ2v) is 7.93. The van der Waals surface area contributed by atoms with E-state index < -0.39 is 11.9 Å². The molecule has 1 saturated heterocycles. The Hall–Kier alpha value is -2.91. The first-order chi connectivity index (χ1) is 14.3. The Morgan fingerprint density at radius 1 is 1.13 bits per heavy atom. The summed E-state index contributed by atoms with van der Waals surface area (Å²) in [5, 5.41) is 13.4. The minimum absolute atomic E-state index is 0.0565. The van der Waals surface area contributed by atoms with Gasteiger partial charge in [0.15, 0.2) is 0 Å². The van der Waals surface area contributed by atoms with E-state index in [0.717, 1.165) is 10.9 Å².